The molecule has 11 nitrogen and oxygen atoms in total. The Hall–Kier alpha value is -2.90. The number of hydrogen-bond acceptors (Lipinski definition) is 10. The van der Waals surface area contributed by atoms with Crippen molar-refractivity contribution in [2.45, 2.75) is 269 Å². The van der Waals surface area contributed by atoms with Gasteiger partial charge in [0.1, 0.15) is 24.4 Å². The van der Waals surface area contributed by atoms with Crippen LogP contribution in [0.25, 0.3) is 0 Å². The summed E-state index contributed by atoms with van der Waals surface area (Å²) in [7, 11) is 0. The Kier molecular flexibility index (Phi) is 42.9. The zero-order valence-electron chi connectivity index (χ0n) is 43.7. The second kappa shape index (κ2) is 46.2. The van der Waals surface area contributed by atoms with Crippen LogP contribution in [0.2, 0.25) is 0 Å². The quantitative estimate of drug-likeness (QED) is 0.0149. The molecule has 1 amide bonds. The van der Waals surface area contributed by atoms with Gasteiger partial charge in [-0.15, -0.1) is 0 Å². The summed E-state index contributed by atoms with van der Waals surface area (Å²) in [5.74, 6) is -1.23. The normalized spacial score (nSPS) is 20.4. The third kappa shape index (κ3) is 35.0. The first-order valence-corrected chi connectivity index (χ1v) is 27.7. The van der Waals surface area contributed by atoms with Crippen molar-refractivity contribution in [3.63, 3.8) is 0 Å². The molecular formula is C58H101NO10. The lowest BCUT2D eigenvalue weighted by molar-refractivity contribution is -0.305. The van der Waals surface area contributed by atoms with E-state index in [1.807, 2.05) is 30.4 Å². The number of aliphatic hydroxyl groups excluding tert-OH is 5. The highest BCUT2D eigenvalue weighted by Crippen LogP contribution is 2.26. The van der Waals surface area contributed by atoms with Crippen LogP contribution in [0.15, 0.2) is 72.9 Å². The van der Waals surface area contributed by atoms with E-state index in [1.54, 1.807) is 6.08 Å². The van der Waals surface area contributed by atoms with Gasteiger partial charge in [-0.3, -0.25) is 9.59 Å². The summed E-state index contributed by atoms with van der Waals surface area (Å²) in [5, 5.41) is 56.6. The van der Waals surface area contributed by atoms with E-state index in [-0.39, 0.29) is 19.4 Å². The lowest BCUT2D eigenvalue weighted by Gasteiger charge is -2.41. The Bertz CT molecular complexity index is 1390. The number of allylic oxidation sites excluding steroid dienone is 11. The third-order valence-electron chi connectivity index (χ3n) is 12.7. The van der Waals surface area contributed by atoms with E-state index in [1.165, 1.54) is 77.0 Å². The number of ether oxygens (including phenoxy) is 3. The first-order chi connectivity index (χ1) is 33.7. The van der Waals surface area contributed by atoms with Gasteiger partial charge in [0, 0.05) is 6.42 Å². The zero-order chi connectivity index (χ0) is 50.4. The first-order valence-electron chi connectivity index (χ1n) is 27.7. The van der Waals surface area contributed by atoms with Gasteiger partial charge >= 0.3 is 5.97 Å². The standard InChI is InChI=1S/C58H101NO10/c1-4-7-10-13-16-19-22-24-25-26-27-28-31-34-37-40-43-46-53(63)69-56-55(65)54(64)52(47-60)68-58(56)67-48-49(50(61)44-41-38-35-32-29-21-18-15-12-9-6-3)59-57(66)51(62)45-42-39-36-33-30-23-20-17-14-11-8-5-2/h8,11,14,16-17,19-20,23-25,41,44,49-52,54-56,58,60-62,64-65H,4-7,9-10,12-13,15,18,21-22,26-40,42-43,45-48H2,1-3H3,(H,59,66)/b11-8+,17-14+,19-16-,23-20-,25-24-,44-41+. The predicted molar refractivity (Wildman–Crippen MR) is 283 cm³/mol. The average Bonchev–Trinajstić information content (AvgIpc) is 3.34. The van der Waals surface area contributed by atoms with Crippen molar-refractivity contribution in [2.24, 2.45) is 0 Å². The number of amides is 1. The molecule has 69 heavy (non-hydrogen) atoms. The molecule has 1 saturated heterocycles. The number of nitrogens with one attached hydrogen (secondary N) is 1. The molecule has 6 N–H and O–H groups in total. The minimum Gasteiger partial charge on any atom is -0.454 e. The maximum atomic E-state index is 13.3. The summed E-state index contributed by atoms with van der Waals surface area (Å²) >= 11 is 0. The summed E-state index contributed by atoms with van der Waals surface area (Å²) in [6.07, 6.45) is 46.6. The summed E-state index contributed by atoms with van der Waals surface area (Å²) in [5.41, 5.74) is 0. The monoisotopic (exact) mass is 972 g/mol. The van der Waals surface area contributed by atoms with E-state index in [2.05, 4.69) is 62.5 Å². The fourth-order valence-electron chi connectivity index (χ4n) is 8.21. The summed E-state index contributed by atoms with van der Waals surface area (Å²) in [6.45, 7) is 5.57. The molecule has 398 valence electrons. The SMILES string of the molecule is CC/C=C/C=C/C=C\CCCCCCC(O)C(=O)NC(COC1OC(CO)C(O)C(O)C1OC(=O)CCCCCCCCC/C=C\C/C=C\CCCCC)C(O)/C=C/CCCCCCCCCCC. The molecule has 0 aromatic carbocycles. The molecule has 1 aliphatic heterocycles. The minimum absolute atomic E-state index is 0.109. The van der Waals surface area contributed by atoms with Crippen LogP contribution in [0.3, 0.4) is 0 Å². The number of hydrogen-bond donors (Lipinski definition) is 6. The number of unbranched alkanes of at least 4 members (excludes halogenated alkanes) is 23. The maximum absolute atomic E-state index is 13.3. The number of carbonyl (C=O) groups is 2. The van der Waals surface area contributed by atoms with E-state index in [0.717, 1.165) is 96.3 Å². The smallest absolute Gasteiger partial charge is 0.306 e. The first kappa shape index (κ1) is 64.1. The van der Waals surface area contributed by atoms with Crippen LogP contribution in [0, 0.1) is 0 Å². The lowest BCUT2D eigenvalue weighted by Crippen LogP contribution is -2.61. The van der Waals surface area contributed by atoms with E-state index in [0.29, 0.717) is 12.8 Å². The Morgan fingerprint density at radius 3 is 1.70 bits per heavy atom. The van der Waals surface area contributed by atoms with Crippen LogP contribution in [0.4, 0.5) is 0 Å². The molecule has 0 aromatic rings. The van der Waals surface area contributed by atoms with E-state index in [4.69, 9.17) is 14.2 Å². The fourth-order valence-corrected chi connectivity index (χ4v) is 8.21. The molecule has 0 aromatic heterocycles. The van der Waals surface area contributed by atoms with Crippen molar-refractivity contribution >= 4 is 11.9 Å². The van der Waals surface area contributed by atoms with Crippen LogP contribution in [0.5, 0.6) is 0 Å². The molecule has 0 bridgehead atoms. The van der Waals surface area contributed by atoms with Crippen molar-refractivity contribution in [2.75, 3.05) is 13.2 Å². The summed E-state index contributed by atoms with van der Waals surface area (Å²) in [4.78, 5) is 26.4. The summed E-state index contributed by atoms with van der Waals surface area (Å²) in [6, 6.07) is -1.04. The largest absolute Gasteiger partial charge is 0.454 e. The van der Waals surface area contributed by atoms with Crippen molar-refractivity contribution in [1.82, 2.24) is 5.32 Å². The highest BCUT2D eigenvalue weighted by molar-refractivity contribution is 5.80. The summed E-state index contributed by atoms with van der Waals surface area (Å²) < 4.78 is 17.5. The van der Waals surface area contributed by atoms with E-state index < -0.39 is 67.4 Å². The van der Waals surface area contributed by atoms with Crippen molar-refractivity contribution in [3.8, 4) is 0 Å². The van der Waals surface area contributed by atoms with E-state index in [9.17, 15) is 35.1 Å². The maximum Gasteiger partial charge on any atom is 0.306 e. The number of esters is 1. The van der Waals surface area contributed by atoms with Gasteiger partial charge in [0.05, 0.1) is 25.4 Å². The van der Waals surface area contributed by atoms with Crippen LogP contribution in [-0.2, 0) is 23.8 Å². The Balaban J connectivity index is 2.74. The Labute approximate surface area is 420 Å². The van der Waals surface area contributed by atoms with Gasteiger partial charge in [-0.05, 0) is 77.0 Å². The molecule has 0 spiro atoms. The van der Waals surface area contributed by atoms with Gasteiger partial charge in [-0.25, -0.2) is 0 Å². The van der Waals surface area contributed by atoms with Gasteiger partial charge in [-0.1, -0.05) is 209 Å². The molecule has 1 rings (SSSR count). The third-order valence-corrected chi connectivity index (χ3v) is 12.7. The number of rotatable bonds is 45. The lowest BCUT2D eigenvalue weighted by atomic mass is 9.99. The van der Waals surface area contributed by atoms with Crippen molar-refractivity contribution < 1.29 is 49.3 Å². The number of carbonyl (C=O) groups excluding carboxylic acids is 2. The molecule has 11 heteroatoms. The van der Waals surface area contributed by atoms with Crippen LogP contribution < -0.4 is 5.32 Å². The topological polar surface area (TPSA) is 175 Å². The van der Waals surface area contributed by atoms with Gasteiger partial charge in [0.2, 0.25) is 5.91 Å². The molecule has 8 unspecified atom stereocenters. The van der Waals surface area contributed by atoms with Gasteiger partial charge in [-0.2, -0.15) is 0 Å². The highest BCUT2D eigenvalue weighted by Gasteiger charge is 2.47. The second-order valence-corrected chi connectivity index (χ2v) is 19.0. The van der Waals surface area contributed by atoms with Crippen LogP contribution >= 0.6 is 0 Å². The van der Waals surface area contributed by atoms with Crippen molar-refractivity contribution in [1.29, 1.82) is 0 Å². The molecule has 1 aliphatic rings. The van der Waals surface area contributed by atoms with Crippen LogP contribution in [-0.4, -0.2) is 99.6 Å². The number of aliphatic hydroxyl groups is 5. The Morgan fingerprint density at radius 2 is 1.10 bits per heavy atom. The van der Waals surface area contributed by atoms with Gasteiger partial charge in [0.25, 0.3) is 0 Å². The molecular weight excluding hydrogens is 871 g/mol. The molecule has 0 saturated carbocycles. The molecule has 1 heterocycles. The average molecular weight is 972 g/mol. The molecule has 0 radical (unpaired) electrons. The highest BCUT2D eigenvalue weighted by atomic mass is 16.7. The predicted octanol–water partition coefficient (Wildman–Crippen LogP) is 12.1. The van der Waals surface area contributed by atoms with Crippen LogP contribution in [0.1, 0.15) is 220 Å². The van der Waals surface area contributed by atoms with Gasteiger partial charge in [0.15, 0.2) is 12.4 Å². The second-order valence-electron chi connectivity index (χ2n) is 19.0. The van der Waals surface area contributed by atoms with E-state index >= 15 is 0 Å². The fraction of sp³-hybridized carbons (Fsp3) is 0.759. The van der Waals surface area contributed by atoms with Gasteiger partial charge < -0.3 is 45.1 Å². The Morgan fingerprint density at radius 1 is 0.594 bits per heavy atom. The molecule has 1 fully saturated rings. The zero-order valence-corrected chi connectivity index (χ0v) is 43.7. The minimum atomic E-state index is -1.62. The van der Waals surface area contributed by atoms with Crippen molar-refractivity contribution in [3.05, 3.63) is 72.9 Å². The molecule has 0 aliphatic carbocycles. The molecule has 8 atom stereocenters.